The Morgan fingerprint density at radius 1 is 1.50 bits per heavy atom. The van der Waals surface area contributed by atoms with E-state index in [0.29, 0.717) is 23.5 Å². The van der Waals surface area contributed by atoms with Gasteiger partial charge in [0.2, 0.25) is 0 Å². The molecule has 0 saturated carbocycles. The van der Waals surface area contributed by atoms with Gasteiger partial charge >= 0.3 is 0 Å². The van der Waals surface area contributed by atoms with Gasteiger partial charge in [-0.05, 0) is 42.4 Å². The molecule has 6 heteroatoms. The molecule has 1 N–H and O–H groups in total. The third kappa shape index (κ3) is 2.06. The molecule has 0 fully saturated rings. The Hall–Kier alpha value is -1.95. The number of fused-ring (bicyclic) bond motifs is 1. The van der Waals surface area contributed by atoms with Gasteiger partial charge in [0, 0.05) is 6.54 Å². The second-order valence-corrected chi connectivity index (χ2v) is 5.50. The minimum Gasteiger partial charge on any atom is -0.506 e. The van der Waals surface area contributed by atoms with Crippen LogP contribution >= 0.6 is 11.5 Å². The van der Waals surface area contributed by atoms with Gasteiger partial charge in [-0.2, -0.15) is 0 Å². The predicted octanol–water partition coefficient (Wildman–Crippen LogP) is 2.40. The zero-order valence-corrected chi connectivity index (χ0v) is 12.0. The van der Waals surface area contributed by atoms with Crippen LogP contribution in [0.5, 0.6) is 5.75 Å². The van der Waals surface area contributed by atoms with Gasteiger partial charge in [0.25, 0.3) is 5.91 Å². The zero-order valence-electron chi connectivity index (χ0n) is 11.2. The monoisotopic (exact) mass is 289 g/mol. The summed E-state index contributed by atoms with van der Waals surface area (Å²) in [6.07, 6.45) is 2.46. The van der Waals surface area contributed by atoms with Crippen LogP contribution in [0.2, 0.25) is 0 Å². The number of rotatable bonds is 2. The number of carbonyl (C=O) groups excluding carboxylic acids is 1. The third-order valence-electron chi connectivity index (χ3n) is 3.53. The molecule has 2 heterocycles. The maximum absolute atomic E-state index is 12.7. The molecule has 0 unspecified atom stereocenters. The largest absolute Gasteiger partial charge is 0.506 e. The summed E-state index contributed by atoms with van der Waals surface area (Å²) in [7, 11) is 0. The first-order valence-corrected chi connectivity index (χ1v) is 7.43. The van der Waals surface area contributed by atoms with Crippen LogP contribution in [0.1, 0.15) is 34.3 Å². The van der Waals surface area contributed by atoms with Crippen LogP contribution in [-0.4, -0.2) is 27.1 Å². The van der Waals surface area contributed by atoms with E-state index in [1.54, 1.807) is 11.0 Å². The number of anilines is 1. The van der Waals surface area contributed by atoms with Crippen molar-refractivity contribution in [2.45, 2.75) is 26.2 Å². The van der Waals surface area contributed by atoms with E-state index >= 15 is 0 Å². The van der Waals surface area contributed by atoms with Crippen LogP contribution < -0.4 is 4.90 Å². The van der Waals surface area contributed by atoms with Gasteiger partial charge in [-0.3, -0.25) is 4.79 Å². The van der Waals surface area contributed by atoms with Crippen LogP contribution in [0, 0.1) is 0 Å². The highest BCUT2D eigenvalue weighted by Gasteiger charge is 2.28. The number of phenolic OH excluding ortho intramolecular Hbond substituents is 1. The van der Waals surface area contributed by atoms with E-state index in [2.05, 4.69) is 9.59 Å². The number of hydrogen-bond acceptors (Lipinski definition) is 5. The van der Waals surface area contributed by atoms with Crippen LogP contribution in [0.4, 0.5) is 5.69 Å². The van der Waals surface area contributed by atoms with Crippen LogP contribution in [-0.2, 0) is 12.8 Å². The van der Waals surface area contributed by atoms with Crippen molar-refractivity contribution in [3.8, 4) is 5.75 Å². The number of aryl methyl sites for hydroxylation is 2. The molecule has 1 aromatic carbocycles. The van der Waals surface area contributed by atoms with Crippen LogP contribution in [0.3, 0.4) is 0 Å². The van der Waals surface area contributed by atoms with Gasteiger partial charge in [0.15, 0.2) is 0 Å². The Bertz CT molecular complexity index is 654. The summed E-state index contributed by atoms with van der Waals surface area (Å²) in [4.78, 5) is 14.9. The standard InChI is InChI=1S/C14H15N3O2S/c1-2-10-13(20-16-15-10)14(19)17-8-4-6-9-5-3-7-11(18)12(9)17/h3,5,7,18H,2,4,6,8H2,1H3. The molecule has 20 heavy (non-hydrogen) atoms. The topological polar surface area (TPSA) is 66.3 Å². The average molecular weight is 289 g/mol. The number of amides is 1. The molecule has 1 aromatic heterocycles. The van der Waals surface area contributed by atoms with Gasteiger partial charge in [-0.1, -0.05) is 23.5 Å². The Morgan fingerprint density at radius 2 is 2.35 bits per heavy atom. The normalized spacial score (nSPS) is 14.2. The first kappa shape index (κ1) is 13.1. The van der Waals surface area contributed by atoms with Crippen molar-refractivity contribution >= 4 is 23.1 Å². The number of benzene rings is 1. The Kier molecular flexibility index (Phi) is 3.40. The van der Waals surface area contributed by atoms with E-state index in [1.807, 2.05) is 19.1 Å². The summed E-state index contributed by atoms with van der Waals surface area (Å²) in [5.41, 5.74) is 2.38. The highest BCUT2D eigenvalue weighted by Crippen LogP contribution is 2.36. The summed E-state index contributed by atoms with van der Waals surface area (Å²) in [6, 6.07) is 5.39. The van der Waals surface area contributed by atoms with Crippen LogP contribution in [0.25, 0.3) is 0 Å². The van der Waals surface area contributed by atoms with E-state index in [-0.39, 0.29) is 11.7 Å². The fourth-order valence-electron chi connectivity index (χ4n) is 2.56. The Morgan fingerprint density at radius 3 is 3.15 bits per heavy atom. The van der Waals surface area contributed by atoms with Gasteiger partial charge in [-0.25, -0.2) is 0 Å². The Balaban J connectivity index is 2.03. The highest BCUT2D eigenvalue weighted by molar-refractivity contribution is 7.08. The quantitative estimate of drug-likeness (QED) is 0.922. The number of para-hydroxylation sites is 1. The molecule has 104 valence electrons. The summed E-state index contributed by atoms with van der Waals surface area (Å²) in [5, 5.41) is 14.1. The molecule has 5 nitrogen and oxygen atoms in total. The van der Waals surface area contributed by atoms with Crippen molar-refractivity contribution in [1.82, 2.24) is 9.59 Å². The van der Waals surface area contributed by atoms with E-state index in [9.17, 15) is 9.90 Å². The highest BCUT2D eigenvalue weighted by atomic mass is 32.1. The first-order chi connectivity index (χ1) is 9.72. The van der Waals surface area contributed by atoms with Crippen molar-refractivity contribution in [3.05, 3.63) is 34.3 Å². The summed E-state index contributed by atoms with van der Waals surface area (Å²) < 4.78 is 3.87. The molecule has 1 aliphatic rings. The van der Waals surface area contributed by atoms with E-state index in [4.69, 9.17) is 0 Å². The van der Waals surface area contributed by atoms with Crippen molar-refractivity contribution in [3.63, 3.8) is 0 Å². The lowest BCUT2D eigenvalue weighted by molar-refractivity contribution is 0.0987. The number of nitrogens with zero attached hydrogens (tertiary/aromatic N) is 3. The van der Waals surface area contributed by atoms with Crippen LogP contribution in [0.15, 0.2) is 18.2 Å². The molecule has 1 aliphatic heterocycles. The third-order valence-corrected chi connectivity index (χ3v) is 4.28. The zero-order chi connectivity index (χ0) is 14.1. The molecule has 0 saturated heterocycles. The van der Waals surface area contributed by atoms with E-state index in [1.165, 1.54) is 0 Å². The molecule has 0 atom stereocenters. The predicted molar refractivity (Wildman–Crippen MR) is 77.4 cm³/mol. The molecule has 2 aromatic rings. The Labute approximate surface area is 121 Å². The molecular formula is C14H15N3O2S. The van der Waals surface area contributed by atoms with Crippen molar-refractivity contribution in [2.24, 2.45) is 0 Å². The van der Waals surface area contributed by atoms with Gasteiger partial charge in [0.05, 0.1) is 11.4 Å². The minimum atomic E-state index is -0.112. The van der Waals surface area contributed by atoms with Gasteiger partial charge in [0.1, 0.15) is 10.6 Å². The first-order valence-electron chi connectivity index (χ1n) is 6.66. The number of aromatic nitrogens is 2. The lowest BCUT2D eigenvalue weighted by atomic mass is 10.0. The van der Waals surface area contributed by atoms with E-state index < -0.39 is 0 Å². The molecule has 0 spiro atoms. The molecule has 3 rings (SSSR count). The van der Waals surface area contributed by atoms with E-state index in [0.717, 1.165) is 35.6 Å². The fraction of sp³-hybridized carbons (Fsp3) is 0.357. The number of hydrogen-bond donors (Lipinski definition) is 1. The lowest BCUT2D eigenvalue weighted by Crippen LogP contribution is -2.35. The number of phenols is 1. The molecule has 0 aliphatic carbocycles. The molecule has 0 bridgehead atoms. The molecule has 1 amide bonds. The molecular weight excluding hydrogens is 274 g/mol. The SMILES string of the molecule is CCc1nnsc1C(=O)N1CCCc2cccc(O)c21. The number of carbonyl (C=O) groups is 1. The lowest BCUT2D eigenvalue weighted by Gasteiger charge is -2.29. The average Bonchev–Trinajstić information content (AvgIpc) is 2.94. The minimum absolute atomic E-state index is 0.112. The van der Waals surface area contributed by atoms with Gasteiger partial charge < -0.3 is 10.0 Å². The molecule has 0 radical (unpaired) electrons. The van der Waals surface area contributed by atoms with Crippen molar-refractivity contribution < 1.29 is 9.90 Å². The summed E-state index contributed by atoms with van der Waals surface area (Å²) >= 11 is 1.12. The van der Waals surface area contributed by atoms with Gasteiger partial charge in [-0.15, -0.1) is 5.10 Å². The van der Waals surface area contributed by atoms with Crippen molar-refractivity contribution in [2.75, 3.05) is 11.4 Å². The second kappa shape index (κ2) is 5.20. The maximum Gasteiger partial charge on any atom is 0.272 e. The maximum atomic E-state index is 12.7. The van der Waals surface area contributed by atoms with Crippen molar-refractivity contribution in [1.29, 1.82) is 0 Å². The summed E-state index contributed by atoms with van der Waals surface area (Å²) in [6.45, 7) is 2.57. The second-order valence-electron chi connectivity index (χ2n) is 4.75. The summed E-state index contributed by atoms with van der Waals surface area (Å²) in [5.74, 6) is 0.0466. The fourth-order valence-corrected chi connectivity index (χ4v) is 3.26. The smallest absolute Gasteiger partial charge is 0.272 e. The number of aromatic hydroxyl groups is 1.